The summed E-state index contributed by atoms with van der Waals surface area (Å²) in [6.07, 6.45) is 9.21. The maximum Gasteiger partial charge on any atom is 0.186 e. The summed E-state index contributed by atoms with van der Waals surface area (Å²) in [5.41, 5.74) is 0. The molecule has 1 aliphatic rings. The van der Waals surface area contributed by atoms with Crippen molar-refractivity contribution in [1.82, 2.24) is 0 Å². The molecule has 0 aromatic heterocycles. The maximum absolute atomic E-state index is 9.87. The highest BCUT2D eigenvalue weighted by molar-refractivity contribution is 4.88. The highest BCUT2D eigenvalue weighted by atomic mass is 16.7. The third kappa shape index (κ3) is 9.11. The zero-order chi connectivity index (χ0) is 19.2. The highest BCUT2D eigenvalue weighted by Gasteiger charge is 2.43. The number of ether oxygens (including phenoxy) is 2. The topological polar surface area (TPSA) is 99.4 Å². The summed E-state index contributed by atoms with van der Waals surface area (Å²) >= 11 is 0. The van der Waals surface area contributed by atoms with Gasteiger partial charge < -0.3 is 29.9 Å². The monoisotopic (exact) mass is 376 g/mol. The van der Waals surface area contributed by atoms with Crippen LogP contribution in [0.25, 0.3) is 0 Å². The minimum atomic E-state index is -1.37. The van der Waals surface area contributed by atoms with Gasteiger partial charge in [-0.15, -0.1) is 0 Å². The second-order valence-corrected chi connectivity index (χ2v) is 7.46. The van der Waals surface area contributed by atoms with Gasteiger partial charge >= 0.3 is 0 Å². The zero-order valence-corrected chi connectivity index (χ0v) is 16.4. The fourth-order valence-electron chi connectivity index (χ4n) is 3.35. The Hall–Kier alpha value is -0.240. The van der Waals surface area contributed by atoms with Crippen LogP contribution < -0.4 is 0 Å². The summed E-state index contributed by atoms with van der Waals surface area (Å²) in [7, 11) is 0. The van der Waals surface area contributed by atoms with Gasteiger partial charge in [-0.2, -0.15) is 0 Å². The van der Waals surface area contributed by atoms with Crippen molar-refractivity contribution in [2.24, 2.45) is 0 Å². The highest BCUT2D eigenvalue weighted by Crippen LogP contribution is 2.22. The largest absolute Gasteiger partial charge is 0.394 e. The molecule has 1 fully saturated rings. The minimum Gasteiger partial charge on any atom is -0.394 e. The van der Waals surface area contributed by atoms with Crippen LogP contribution in [0.5, 0.6) is 0 Å². The molecule has 6 nitrogen and oxygen atoms in total. The lowest BCUT2D eigenvalue weighted by molar-refractivity contribution is -0.301. The van der Waals surface area contributed by atoms with Crippen LogP contribution in [0.4, 0.5) is 0 Å². The second kappa shape index (κ2) is 14.8. The predicted molar refractivity (Wildman–Crippen MR) is 101 cm³/mol. The first-order valence-corrected chi connectivity index (χ1v) is 10.5. The van der Waals surface area contributed by atoms with Crippen molar-refractivity contribution in [1.29, 1.82) is 0 Å². The lowest BCUT2D eigenvalue weighted by Crippen LogP contribution is -2.59. The first kappa shape index (κ1) is 23.8. The summed E-state index contributed by atoms with van der Waals surface area (Å²) < 4.78 is 10.8. The van der Waals surface area contributed by atoms with Crippen molar-refractivity contribution in [3.8, 4) is 0 Å². The van der Waals surface area contributed by atoms with Gasteiger partial charge in [0.2, 0.25) is 0 Å². The molecule has 0 aliphatic carbocycles. The van der Waals surface area contributed by atoms with Crippen molar-refractivity contribution < 1.29 is 29.9 Å². The Labute approximate surface area is 158 Å². The normalized spacial score (nSPS) is 29.2. The first-order valence-electron chi connectivity index (χ1n) is 10.5. The summed E-state index contributed by atoms with van der Waals surface area (Å²) in [6.45, 7) is 2.25. The van der Waals surface area contributed by atoms with E-state index in [2.05, 4.69) is 6.92 Å². The van der Waals surface area contributed by atoms with Crippen LogP contribution in [0.15, 0.2) is 0 Å². The van der Waals surface area contributed by atoms with Crippen molar-refractivity contribution in [2.45, 2.75) is 115 Å². The summed E-state index contributed by atoms with van der Waals surface area (Å²) in [5.74, 6) is 0. The van der Waals surface area contributed by atoms with Gasteiger partial charge in [-0.3, -0.25) is 0 Å². The molecule has 1 aliphatic heterocycles. The van der Waals surface area contributed by atoms with E-state index in [1.54, 1.807) is 0 Å². The average molecular weight is 377 g/mol. The molecule has 0 saturated carbocycles. The summed E-state index contributed by atoms with van der Waals surface area (Å²) in [5, 5.41) is 38.4. The molecule has 0 aromatic carbocycles. The van der Waals surface area contributed by atoms with Crippen molar-refractivity contribution in [2.75, 3.05) is 13.2 Å². The van der Waals surface area contributed by atoms with E-state index in [1.807, 2.05) is 0 Å². The van der Waals surface area contributed by atoms with Crippen LogP contribution >= 0.6 is 0 Å². The Morgan fingerprint density at radius 2 is 1.19 bits per heavy atom. The van der Waals surface area contributed by atoms with Gasteiger partial charge in [-0.1, -0.05) is 77.6 Å². The Morgan fingerprint density at radius 1 is 0.692 bits per heavy atom. The molecule has 156 valence electrons. The summed E-state index contributed by atoms with van der Waals surface area (Å²) in [6, 6.07) is 0. The molecule has 4 N–H and O–H groups in total. The predicted octanol–water partition coefficient (Wildman–Crippen LogP) is 2.50. The van der Waals surface area contributed by atoms with Crippen LogP contribution in [0.3, 0.4) is 0 Å². The first-order chi connectivity index (χ1) is 12.6. The number of hydrogen-bond acceptors (Lipinski definition) is 6. The SMILES string of the molecule is CCCCCCCCCCCCCCO[C@@H]1O[C@@H](CO)[C@H](O)[C@@H](O)[C@@H]1O. The maximum atomic E-state index is 9.87. The van der Waals surface area contributed by atoms with E-state index in [0.717, 1.165) is 12.8 Å². The Balaban J connectivity index is 1.95. The third-order valence-corrected chi connectivity index (χ3v) is 5.13. The fourth-order valence-corrected chi connectivity index (χ4v) is 3.35. The van der Waals surface area contributed by atoms with Crippen LogP contribution in [-0.4, -0.2) is 64.3 Å². The molecule has 0 radical (unpaired) electrons. The van der Waals surface area contributed by atoms with Crippen LogP contribution in [0.1, 0.15) is 84.0 Å². The zero-order valence-electron chi connectivity index (χ0n) is 16.4. The number of hydrogen-bond donors (Lipinski definition) is 4. The van der Waals surface area contributed by atoms with Crippen LogP contribution in [0.2, 0.25) is 0 Å². The van der Waals surface area contributed by atoms with Gasteiger partial charge in [0, 0.05) is 6.61 Å². The molecule has 0 unspecified atom stereocenters. The van der Waals surface area contributed by atoms with Gasteiger partial charge in [0.25, 0.3) is 0 Å². The van der Waals surface area contributed by atoms with Crippen LogP contribution in [-0.2, 0) is 9.47 Å². The van der Waals surface area contributed by atoms with E-state index in [4.69, 9.17) is 14.6 Å². The quantitative estimate of drug-likeness (QED) is 0.328. The molecular weight excluding hydrogens is 336 g/mol. The standard InChI is InChI=1S/C20H40O6/c1-2-3-4-5-6-7-8-9-10-11-12-13-14-25-20-19(24)18(23)17(22)16(15-21)26-20/h16-24H,2-15H2,1H3/t16-,17-,18+,19-,20+/m0/s1. The molecule has 0 aromatic rings. The van der Waals surface area contributed by atoms with E-state index in [-0.39, 0.29) is 0 Å². The number of unbranched alkanes of at least 4 members (excludes halogenated alkanes) is 11. The van der Waals surface area contributed by atoms with Crippen molar-refractivity contribution >= 4 is 0 Å². The smallest absolute Gasteiger partial charge is 0.186 e. The van der Waals surface area contributed by atoms with Gasteiger partial charge in [-0.05, 0) is 6.42 Å². The molecule has 0 bridgehead atoms. The molecule has 0 spiro atoms. The van der Waals surface area contributed by atoms with E-state index in [0.29, 0.717) is 6.61 Å². The van der Waals surface area contributed by atoms with Gasteiger partial charge in [0.05, 0.1) is 6.61 Å². The Bertz CT molecular complexity index is 325. The van der Waals surface area contributed by atoms with Crippen molar-refractivity contribution in [3.05, 3.63) is 0 Å². The lowest BCUT2D eigenvalue weighted by Gasteiger charge is -2.39. The molecule has 1 heterocycles. The Kier molecular flexibility index (Phi) is 13.5. The van der Waals surface area contributed by atoms with E-state index in [9.17, 15) is 15.3 Å². The molecule has 26 heavy (non-hydrogen) atoms. The van der Waals surface area contributed by atoms with Crippen molar-refractivity contribution in [3.63, 3.8) is 0 Å². The van der Waals surface area contributed by atoms with Gasteiger partial charge in [-0.25, -0.2) is 0 Å². The molecular formula is C20H40O6. The van der Waals surface area contributed by atoms with E-state index < -0.39 is 37.3 Å². The third-order valence-electron chi connectivity index (χ3n) is 5.13. The number of aliphatic hydroxyl groups excluding tert-OH is 4. The molecule has 0 amide bonds. The Morgan fingerprint density at radius 3 is 1.69 bits per heavy atom. The van der Waals surface area contributed by atoms with E-state index >= 15 is 0 Å². The van der Waals surface area contributed by atoms with Gasteiger partial charge in [0.1, 0.15) is 24.4 Å². The number of aliphatic hydroxyl groups is 4. The molecule has 5 atom stereocenters. The summed E-state index contributed by atoms with van der Waals surface area (Å²) in [4.78, 5) is 0. The average Bonchev–Trinajstić information content (AvgIpc) is 2.65. The molecule has 6 heteroatoms. The fraction of sp³-hybridized carbons (Fsp3) is 1.00. The van der Waals surface area contributed by atoms with Gasteiger partial charge in [0.15, 0.2) is 6.29 Å². The number of rotatable bonds is 15. The molecule has 1 saturated heterocycles. The molecule has 1 rings (SSSR count). The lowest BCUT2D eigenvalue weighted by atomic mass is 9.99. The van der Waals surface area contributed by atoms with E-state index in [1.165, 1.54) is 64.2 Å². The second-order valence-electron chi connectivity index (χ2n) is 7.46. The minimum absolute atomic E-state index is 0.427. The van der Waals surface area contributed by atoms with Crippen LogP contribution in [0, 0.1) is 0 Å².